The molecule has 0 amide bonds. The van der Waals surface area contributed by atoms with Crippen LogP contribution in [-0.2, 0) is 14.6 Å². The van der Waals surface area contributed by atoms with Crippen molar-refractivity contribution in [2.24, 2.45) is 5.92 Å². The number of halogens is 1. The van der Waals surface area contributed by atoms with E-state index in [1.165, 1.54) is 6.26 Å². The topological polar surface area (TPSA) is 55.4 Å². The molecule has 0 spiro atoms. The third kappa shape index (κ3) is 3.81. The fourth-order valence-corrected chi connectivity index (χ4v) is 3.19. The number of allylic oxidation sites excluding steroid dienone is 2. The smallest absolute Gasteiger partial charge is 0.150 e. The Balaban J connectivity index is 1.85. The summed E-state index contributed by atoms with van der Waals surface area (Å²) in [4.78, 5) is 0. The van der Waals surface area contributed by atoms with Crippen molar-refractivity contribution in [3.05, 3.63) is 23.3 Å². The van der Waals surface area contributed by atoms with Gasteiger partial charge in [0.25, 0.3) is 0 Å². The van der Waals surface area contributed by atoms with Gasteiger partial charge in [-0.3, -0.25) is 0 Å². The van der Waals surface area contributed by atoms with Gasteiger partial charge >= 0.3 is 0 Å². The molecule has 2 aliphatic rings. The van der Waals surface area contributed by atoms with Crippen LogP contribution in [0.5, 0.6) is 0 Å². The predicted octanol–water partition coefficient (Wildman–Crippen LogP) is 0.697. The van der Waals surface area contributed by atoms with E-state index >= 15 is 0 Å². The lowest BCUT2D eigenvalue weighted by Crippen LogP contribution is -2.50. The molecular weight excluding hydrogens is 262 g/mol. The molecule has 17 heavy (non-hydrogen) atoms. The maximum Gasteiger partial charge on any atom is 0.150 e. The minimum absolute atomic E-state index is 0.0732. The van der Waals surface area contributed by atoms with Crippen LogP contribution < -0.4 is 5.32 Å². The summed E-state index contributed by atoms with van der Waals surface area (Å²) in [6, 6.07) is 0.179. The second-order valence-electron chi connectivity index (χ2n) is 4.55. The van der Waals surface area contributed by atoms with Crippen molar-refractivity contribution in [3.8, 4) is 0 Å². The van der Waals surface area contributed by atoms with Gasteiger partial charge in [0.2, 0.25) is 0 Å². The highest BCUT2D eigenvalue weighted by Gasteiger charge is 2.28. The minimum Gasteiger partial charge on any atom is -0.374 e. The molecule has 0 saturated carbocycles. The van der Waals surface area contributed by atoms with Crippen molar-refractivity contribution in [2.75, 3.05) is 25.2 Å². The summed E-state index contributed by atoms with van der Waals surface area (Å²) >= 11 is 5.87. The van der Waals surface area contributed by atoms with Crippen LogP contribution in [0, 0.1) is 5.92 Å². The monoisotopic (exact) mass is 277 g/mol. The molecule has 0 aromatic rings. The zero-order valence-electron chi connectivity index (χ0n) is 9.60. The lowest BCUT2D eigenvalue weighted by atomic mass is 10.0. The Morgan fingerprint density at radius 1 is 1.59 bits per heavy atom. The molecule has 0 aromatic heterocycles. The minimum atomic E-state index is -2.98. The molecule has 0 aromatic carbocycles. The second kappa shape index (κ2) is 5.10. The number of ether oxygens (including phenoxy) is 1. The maximum atomic E-state index is 11.1. The summed E-state index contributed by atoms with van der Waals surface area (Å²) in [5.74, 6) is 0.311. The van der Waals surface area contributed by atoms with E-state index in [0.717, 1.165) is 5.03 Å². The third-order valence-electron chi connectivity index (χ3n) is 2.90. The summed E-state index contributed by atoms with van der Waals surface area (Å²) in [6.07, 6.45) is 6.85. The average Bonchev–Trinajstić information content (AvgIpc) is 2.63. The molecule has 6 heteroatoms. The van der Waals surface area contributed by atoms with Gasteiger partial charge in [0.05, 0.1) is 18.5 Å². The molecule has 1 aliphatic carbocycles. The van der Waals surface area contributed by atoms with Gasteiger partial charge in [-0.1, -0.05) is 23.8 Å². The Morgan fingerprint density at radius 2 is 2.35 bits per heavy atom. The highest BCUT2D eigenvalue weighted by molar-refractivity contribution is 7.90. The molecule has 1 N–H and O–H groups in total. The highest BCUT2D eigenvalue weighted by Crippen LogP contribution is 2.23. The number of morpholine rings is 1. The van der Waals surface area contributed by atoms with Crippen LogP contribution in [0.25, 0.3) is 0 Å². The second-order valence-corrected chi connectivity index (χ2v) is 7.17. The van der Waals surface area contributed by atoms with Gasteiger partial charge < -0.3 is 10.1 Å². The normalized spacial score (nSPS) is 33.8. The predicted molar refractivity (Wildman–Crippen MR) is 67.8 cm³/mol. The van der Waals surface area contributed by atoms with E-state index in [9.17, 15) is 8.42 Å². The summed E-state index contributed by atoms with van der Waals surface area (Å²) < 4.78 is 27.8. The molecule has 1 fully saturated rings. The van der Waals surface area contributed by atoms with Gasteiger partial charge in [-0.15, -0.1) is 0 Å². The molecule has 0 bridgehead atoms. The van der Waals surface area contributed by atoms with Gasteiger partial charge in [0, 0.05) is 29.8 Å². The summed E-state index contributed by atoms with van der Waals surface area (Å²) in [6.45, 7) is 1.07. The van der Waals surface area contributed by atoms with Crippen LogP contribution in [0.4, 0.5) is 0 Å². The molecule has 3 atom stereocenters. The molecular formula is C11H16ClNO3S. The summed E-state index contributed by atoms with van der Waals surface area (Å²) in [7, 11) is -2.98. The maximum absolute atomic E-state index is 11.1. The standard InChI is InChI=1S/C11H16ClNO3S/c1-17(14,15)7-10-5-13-11(6-16-10)8-2-3-9(12)4-8/h2-4,8,10-11,13H,5-7H2,1H3/t8?,10-,11?/m1/s1. The van der Waals surface area contributed by atoms with Crippen molar-refractivity contribution in [2.45, 2.75) is 12.1 Å². The van der Waals surface area contributed by atoms with E-state index in [2.05, 4.69) is 5.32 Å². The molecule has 1 heterocycles. The first-order valence-corrected chi connectivity index (χ1v) is 7.96. The van der Waals surface area contributed by atoms with E-state index in [4.69, 9.17) is 16.3 Å². The molecule has 2 rings (SSSR count). The van der Waals surface area contributed by atoms with Crippen LogP contribution in [-0.4, -0.2) is 45.7 Å². The highest BCUT2D eigenvalue weighted by atomic mass is 35.5. The third-order valence-corrected chi connectivity index (χ3v) is 4.13. The van der Waals surface area contributed by atoms with Gasteiger partial charge in [-0.2, -0.15) is 0 Å². The Morgan fingerprint density at radius 3 is 2.82 bits per heavy atom. The number of hydrogen-bond acceptors (Lipinski definition) is 4. The van der Waals surface area contributed by atoms with E-state index in [1.54, 1.807) is 0 Å². The van der Waals surface area contributed by atoms with E-state index < -0.39 is 9.84 Å². The largest absolute Gasteiger partial charge is 0.374 e. The Hall–Kier alpha value is -0.360. The number of nitrogens with one attached hydrogen (secondary N) is 1. The van der Waals surface area contributed by atoms with Crippen LogP contribution in [0.2, 0.25) is 0 Å². The van der Waals surface area contributed by atoms with Gasteiger partial charge in [-0.05, 0) is 6.08 Å². The molecule has 0 radical (unpaired) electrons. The van der Waals surface area contributed by atoms with Crippen molar-refractivity contribution in [1.82, 2.24) is 5.32 Å². The van der Waals surface area contributed by atoms with Gasteiger partial charge in [-0.25, -0.2) is 8.42 Å². The molecule has 4 nitrogen and oxygen atoms in total. The summed E-state index contributed by atoms with van der Waals surface area (Å²) in [5, 5.41) is 4.06. The fourth-order valence-electron chi connectivity index (χ4n) is 2.08. The first-order valence-electron chi connectivity index (χ1n) is 5.52. The molecule has 2 unspecified atom stereocenters. The van der Waals surface area contributed by atoms with E-state index in [0.29, 0.717) is 13.2 Å². The fraction of sp³-hybridized carbons (Fsp3) is 0.636. The molecule has 96 valence electrons. The van der Waals surface area contributed by atoms with Crippen LogP contribution >= 0.6 is 11.6 Å². The SMILES string of the molecule is CS(=O)(=O)C[C@H]1CNC(C2C=CC(Cl)=C2)CO1. The van der Waals surface area contributed by atoms with Crippen LogP contribution in [0.15, 0.2) is 23.3 Å². The van der Waals surface area contributed by atoms with Crippen molar-refractivity contribution in [3.63, 3.8) is 0 Å². The first kappa shape index (κ1) is 13.1. The molecule has 1 saturated heterocycles. The lowest BCUT2D eigenvalue weighted by Gasteiger charge is -2.32. The lowest BCUT2D eigenvalue weighted by molar-refractivity contribution is 0.0119. The first-order chi connectivity index (χ1) is 7.94. The van der Waals surface area contributed by atoms with Gasteiger partial charge in [0.1, 0.15) is 9.84 Å². The zero-order chi connectivity index (χ0) is 12.5. The number of rotatable bonds is 3. The van der Waals surface area contributed by atoms with E-state index in [1.807, 2.05) is 18.2 Å². The Bertz CT molecular complexity index is 436. The van der Waals surface area contributed by atoms with Crippen LogP contribution in [0.3, 0.4) is 0 Å². The van der Waals surface area contributed by atoms with Crippen molar-refractivity contribution >= 4 is 21.4 Å². The molecule has 1 aliphatic heterocycles. The van der Waals surface area contributed by atoms with Crippen LogP contribution in [0.1, 0.15) is 0 Å². The Kier molecular flexibility index (Phi) is 3.92. The van der Waals surface area contributed by atoms with E-state index in [-0.39, 0.29) is 23.8 Å². The van der Waals surface area contributed by atoms with Crippen molar-refractivity contribution < 1.29 is 13.2 Å². The Labute approximate surface area is 107 Å². The number of sulfone groups is 1. The van der Waals surface area contributed by atoms with Crippen molar-refractivity contribution in [1.29, 1.82) is 0 Å². The summed E-state index contributed by atoms with van der Waals surface area (Å²) in [5.41, 5.74) is 0. The number of hydrogen-bond donors (Lipinski definition) is 1. The average molecular weight is 278 g/mol. The zero-order valence-corrected chi connectivity index (χ0v) is 11.2. The van der Waals surface area contributed by atoms with Gasteiger partial charge in [0.15, 0.2) is 0 Å². The quantitative estimate of drug-likeness (QED) is 0.825.